The van der Waals surface area contributed by atoms with Crippen molar-refractivity contribution >= 4 is 23.4 Å². The third kappa shape index (κ3) is 5.23. The summed E-state index contributed by atoms with van der Waals surface area (Å²) in [5, 5.41) is 0. The standard InChI is InChI=1S/C16H14N4/c1-3-7-15(8-4-1)19-13-17-11-12-18-14-20-16-9-5-2-6-10-16/h1-10H,11-12H2. The number of benzene rings is 2. The van der Waals surface area contributed by atoms with Crippen LogP contribution >= 0.6 is 0 Å². The summed E-state index contributed by atoms with van der Waals surface area (Å²) in [6.07, 6.45) is 0. The van der Waals surface area contributed by atoms with Crippen LogP contribution in [-0.2, 0) is 0 Å². The summed E-state index contributed by atoms with van der Waals surface area (Å²) in [5.41, 5.74) is 1.68. The summed E-state index contributed by atoms with van der Waals surface area (Å²) < 4.78 is 0. The fourth-order valence-corrected chi connectivity index (χ4v) is 1.39. The normalized spacial score (nSPS) is 9.00. The fourth-order valence-electron chi connectivity index (χ4n) is 1.39. The summed E-state index contributed by atoms with van der Waals surface area (Å²) in [7, 11) is 0. The average Bonchev–Trinajstić information content (AvgIpc) is 2.52. The lowest BCUT2D eigenvalue weighted by Gasteiger charge is -1.86. The molecule has 98 valence electrons. The molecule has 2 aromatic rings. The zero-order valence-corrected chi connectivity index (χ0v) is 11.0. The Labute approximate surface area is 118 Å². The van der Waals surface area contributed by atoms with E-state index in [1.165, 1.54) is 0 Å². The van der Waals surface area contributed by atoms with Crippen LogP contribution in [0.2, 0.25) is 0 Å². The number of rotatable bonds is 5. The van der Waals surface area contributed by atoms with E-state index in [1.54, 1.807) is 0 Å². The molecular formula is C16H14N4. The first-order valence-corrected chi connectivity index (χ1v) is 6.30. The molecule has 0 aliphatic heterocycles. The third-order valence-corrected chi connectivity index (χ3v) is 2.34. The molecule has 0 saturated carbocycles. The van der Waals surface area contributed by atoms with Crippen molar-refractivity contribution in [3.63, 3.8) is 0 Å². The molecule has 0 spiro atoms. The maximum absolute atomic E-state index is 4.07. The lowest BCUT2D eigenvalue weighted by Crippen LogP contribution is -1.83. The second-order valence-corrected chi connectivity index (χ2v) is 3.86. The lowest BCUT2D eigenvalue weighted by atomic mass is 10.3. The van der Waals surface area contributed by atoms with Crippen molar-refractivity contribution in [1.29, 1.82) is 0 Å². The van der Waals surface area contributed by atoms with E-state index in [0.29, 0.717) is 13.1 Å². The minimum atomic E-state index is 0.521. The monoisotopic (exact) mass is 262 g/mol. The van der Waals surface area contributed by atoms with Crippen molar-refractivity contribution in [3.8, 4) is 0 Å². The zero-order chi connectivity index (χ0) is 13.9. The Morgan fingerprint density at radius 1 is 0.600 bits per heavy atom. The van der Waals surface area contributed by atoms with Gasteiger partial charge in [-0.25, -0.2) is 9.98 Å². The molecule has 0 aliphatic carbocycles. The lowest BCUT2D eigenvalue weighted by molar-refractivity contribution is 0.986. The highest BCUT2D eigenvalue weighted by molar-refractivity contribution is 5.53. The highest BCUT2D eigenvalue weighted by atomic mass is 14.9. The van der Waals surface area contributed by atoms with Crippen LogP contribution in [0.1, 0.15) is 0 Å². The summed E-state index contributed by atoms with van der Waals surface area (Å²) in [5.74, 6) is 0. The molecule has 4 nitrogen and oxygen atoms in total. The van der Waals surface area contributed by atoms with E-state index < -0.39 is 0 Å². The Balaban J connectivity index is 1.76. The number of para-hydroxylation sites is 2. The summed E-state index contributed by atoms with van der Waals surface area (Å²) in [6.45, 7) is 1.04. The van der Waals surface area contributed by atoms with Crippen molar-refractivity contribution in [2.24, 2.45) is 20.0 Å². The van der Waals surface area contributed by atoms with Gasteiger partial charge in [0.15, 0.2) is 0 Å². The van der Waals surface area contributed by atoms with Crippen LogP contribution in [0.25, 0.3) is 0 Å². The molecule has 4 heteroatoms. The Morgan fingerprint density at radius 3 is 1.40 bits per heavy atom. The molecule has 0 bridgehead atoms. The largest absolute Gasteiger partial charge is 0.223 e. The van der Waals surface area contributed by atoms with Gasteiger partial charge in [0.05, 0.1) is 36.5 Å². The molecule has 0 aromatic heterocycles. The van der Waals surface area contributed by atoms with Gasteiger partial charge in [0.1, 0.15) is 0 Å². The van der Waals surface area contributed by atoms with E-state index in [9.17, 15) is 0 Å². The van der Waals surface area contributed by atoms with Gasteiger partial charge in [0.25, 0.3) is 0 Å². The molecule has 0 atom stereocenters. The van der Waals surface area contributed by atoms with Crippen LogP contribution in [-0.4, -0.2) is 25.1 Å². The minimum absolute atomic E-state index is 0.521. The van der Waals surface area contributed by atoms with Crippen molar-refractivity contribution in [2.75, 3.05) is 13.1 Å². The number of hydrogen-bond acceptors (Lipinski definition) is 4. The van der Waals surface area contributed by atoms with Crippen LogP contribution in [0.5, 0.6) is 0 Å². The van der Waals surface area contributed by atoms with E-state index in [2.05, 4.69) is 32.0 Å². The Morgan fingerprint density at radius 2 is 1.00 bits per heavy atom. The van der Waals surface area contributed by atoms with Crippen LogP contribution in [0.4, 0.5) is 11.4 Å². The molecule has 0 fully saturated rings. The SMILES string of the molecule is C(=NCCN=C=Nc1ccccc1)=Nc1ccccc1. The highest BCUT2D eigenvalue weighted by Crippen LogP contribution is 2.08. The van der Waals surface area contributed by atoms with Gasteiger partial charge in [0, 0.05) is 0 Å². The molecule has 2 aromatic carbocycles. The van der Waals surface area contributed by atoms with Gasteiger partial charge >= 0.3 is 0 Å². The molecule has 0 saturated heterocycles. The van der Waals surface area contributed by atoms with Crippen molar-refractivity contribution in [3.05, 3.63) is 60.7 Å². The van der Waals surface area contributed by atoms with Gasteiger partial charge in [-0.1, -0.05) is 36.4 Å². The summed E-state index contributed by atoms with van der Waals surface area (Å²) in [4.78, 5) is 16.2. The van der Waals surface area contributed by atoms with Crippen molar-refractivity contribution in [1.82, 2.24) is 0 Å². The van der Waals surface area contributed by atoms with Gasteiger partial charge in [0.2, 0.25) is 0 Å². The molecule has 20 heavy (non-hydrogen) atoms. The number of nitrogens with zero attached hydrogens (tertiary/aromatic N) is 4. The first kappa shape index (κ1) is 13.6. The summed E-state index contributed by atoms with van der Waals surface area (Å²) >= 11 is 0. The second kappa shape index (κ2) is 8.33. The van der Waals surface area contributed by atoms with E-state index in [1.807, 2.05) is 60.7 Å². The smallest absolute Gasteiger partial charge is 0.0949 e. The first-order valence-electron chi connectivity index (χ1n) is 6.30. The number of hydrogen-bond donors (Lipinski definition) is 0. The van der Waals surface area contributed by atoms with Gasteiger partial charge in [-0.2, -0.15) is 9.98 Å². The van der Waals surface area contributed by atoms with Gasteiger partial charge in [-0.3, -0.25) is 0 Å². The van der Waals surface area contributed by atoms with E-state index in [-0.39, 0.29) is 0 Å². The third-order valence-electron chi connectivity index (χ3n) is 2.34. The molecule has 2 rings (SSSR count). The van der Waals surface area contributed by atoms with E-state index in [0.717, 1.165) is 11.4 Å². The van der Waals surface area contributed by atoms with Crippen LogP contribution in [0.3, 0.4) is 0 Å². The zero-order valence-electron chi connectivity index (χ0n) is 11.0. The molecule has 0 amide bonds. The second-order valence-electron chi connectivity index (χ2n) is 3.86. The molecular weight excluding hydrogens is 248 g/mol. The van der Waals surface area contributed by atoms with E-state index >= 15 is 0 Å². The highest BCUT2D eigenvalue weighted by Gasteiger charge is 1.82. The van der Waals surface area contributed by atoms with Crippen LogP contribution < -0.4 is 0 Å². The van der Waals surface area contributed by atoms with Crippen molar-refractivity contribution in [2.45, 2.75) is 0 Å². The fraction of sp³-hybridized carbons (Fsp3) is 0.125. The Hall–Kier alpha value is -2.80. The van der Waals surface area contributed by atoms with Gasteiger partial charge in [-0.15, -0.1) is 0 Å². The minimum Gasteiger partial charge on any atom is -0.223 e. The maximum atomic E-state index is 4.07. The topological polar surface area (TPSA) is 49.4 Å². The Bertz CT molecular complexity index is 575. The predicted molar refractivity (Wildman–Crippen MR) is 81.7 cm³/mol. The number of aliphatic imine (C=N–C) groups is 4. The Kier molecular flexibility index (Phi) is 5.67. The molecule has 0 aliphatic rings. The van der Waals surface area contributed by atoms with Gasteiger partial charge in [-0.05, 0) is 24.3 Å². The molecule has 0 heterocycles. The van der Waals surface area contributed by atoms with Crippen LogP contribution in [0, 0.1) is 0 Å². The van der Waals surface area contributed by atoms with E-state index in [4.69, 9.17) is 0 Å². The quantitative estimate of drug-likeness (QED) is 0.577. The van der Waals surface area contributed by atoms with Crippen LogP contribution in [0.15, 0.2) is 80.6 Å². The maximum Gasteiger partial charge on any atom is 0.0949 e. The summed E-state index contributed by atoms with van der Waals surface area (Å²) in [6, 6.07) is 24.4. The molecule has 0 N–H and O–H groups in total. The molecule has 0 radical (unpaired) electrons. The van der Waals surface area contributed by atoms with Gasteiger partial charge < -0.3 is 0 Å². The predicted octanol–water partition coefficient (Wildman–Crippen LogP) is 4.00. The molecule has 0 unspecified atom stereocenters. The average molecular weight is 262 g/mol. The van der Waals surface area contributed by atoms with Crippen molar-refractivity contribution < 1.29 is 0 Å². The first-order chi connectivity index (χ1) is 9.95.